The van der Waals surface area contributed by atoms with Gasteiger partial charge in [-0.2, -0.15) is 0 Å². The van der Waals surface area contributed by atoms with E-state index >= 15 is 0 Å². The molecule has 0 atom stereocenters. The molecule has 0 fully saturated rings. The average molecular weight is 272 g/mol. The van der Waals surface area contributed by atoms with E-state index in [0.29, 0.717) is 17.2 Å². The quantitative estimate of drug-likeness (QED) is 0.777. The normalized spacial score (nSPS) is 10.2. The maximum Gasteiger partial charge on any atom is 0.134 e. The molecule has 0 saturated carbocycles. The summed E-state index contributed by atoms with van der Waals surface area (Å²) in [6, 6.07) is 13.6. The van der Waals surface area contributed by atoms with Gasteiger partial charge in [-0.3, -0.25) is 0 Å². The molecule has 0 aliphatic rings. The van der Waals surface area contributed by atoms with E-state index < -0.39 is 0 Å². The third-order valence-corrected chi connectivity index (χ3v) is 3.00. The van der Waals surface area contributed by atoms with Crippen LogP contribution >= 0.6 is 0 Å². The van der Waals surface area contributed by atoms with Crippen LogP contribution in [0.5, 0.6) is 23.0 Å². The zero-order valence-corrected chi connectivity index (χ0v) is 12.2. The van der Waals surface area contributed by atoms with Crippen molar-refractivity contribution in [1.82, 2.24) is 0 Å². The van der Waals surface area contributed by atoms with Crippen molar-refractivity contribution in [1.29, 1.82) is 0 Å². The fourth-order valence-corrected chi connectivity index (χ4v) is 2.03. The van der Waals surface area contributed by atoms with Crippen molar-refractivity contribution >= 4 is 0 Å². The first kappa shape index (κ1) is 14.3. The highest BCUT2D eigenvalue weighted by atomic mass is 16.5. The lowest BCUT2D eigenvalue weighted by Crippen LogP contribution is -1.91. The van der Waals surface area contributed by atoms with Crippen molar-refractivity contribution in [2.45, 2.75) is 19.8 Å². The van der Waals surface area contributed by atoms with Crippen molar-refractivity contribution < 1.29 is 14.2 Å². The van der Waals surface area contributed by atoms with Crippen LogP contribution in [0.4, 0.5) is 0 Å². The molecule has 2 aromatic rings. The molecule has 0 N–H and O–H groups in total. The number of rotatable bonds is 6. The van der Waals surface area contributed by atoms with Gasteiger partial charge in [0.05, 0.1) is 14.2 Å². The van der Waals surface area contributed by atoms with Crippen LogP contribution in [0, 0.1) is 0 Å². The number of methoxy groups -OCH3 is 2. The molecule has 3 nitrogen and oxygen atoms in total. The molecule has 0 bridgehead atoms. The summed E-state index contributed by atoms with van der Waals surface area (Å²) in [4.78, 5) is 0. The maximum absolute atomic E-state index is 5.89. The van der Waals surface area contributed by atoms with Gasteiger partial charge in [-0.15, -0.1) is 0 Å². The molecule has 0 unspecified atom stereocenters. The van der Waals surface area contributed by atoms with E-state index in [2.05, 4.69) is 19.1 Å². The second-order valence-electron chi connectivity index (χ2n) is 4.55. The van der Waals surface area contributed by atoms with Crippen molar-refractivity contribution in [3.63, 3.8) is 0 Å². The fourth-order valence-electron chi connectivity index (χ4n) is 2.03. The van der Waals surface area contributed by atoms with Crippen LogP contribution in [0.3, 0.4) is 0 Å². The Kier molecular flexibility index (Phi) is 4.88. The van der Waals surface area contributed by atoms with E-state index in [1.165, 1.54) is 5.56 Å². The molecule has 0 radical (unpaired) electrons. The van der Waals surface area contributed by atoms with Crippen LogP contribution in [0.1, 0.15) is 18.9 Å². The highest BCUT2D eigenvalue weighted by Crippen LogP contribution is 2.31. The molecular formula is C17H20O3. The van der Waals surface area contributed by atoms with Crippen LogP contribution in [0.25, 0.3) is 0 Å². The monoisotopic (exact) mass is 272 g/mol. The molecule has 0 aromatic heterocycles. The number of ether oxygens (including phenoxy) is 3. The summed E-state index contributed by atoms with van der Waals surface area (Å²) < 4.78 is 16.4. The summed E-state index contributed by atoms with van der Waals surface area (Å²) in [6.45, 7) is 2.17. The minimum Gasteiger partial charge on any atom is -0.496 e. The number of hydrogen-bond acceptors (Lipinski definition) is 3. The van der Waals surface area contributed by atoms with Crippen LogP contribution in [0.15, 0.2) is 42.5 Å². The van der Waals surface area contributed by atoms with Gasteiger partial charge in [-0.05, 0) is 24.1 Å². The molecular weight excluding hydrogens is 252 g/mol. The Morgan fingerprint density at radius 1 is 0.800 bits per heavy atom. The summed E-state index contributed by atoms with van der Waals surface area (Å²) in [6.07, 6.45) is 2.18. The lowest BCUT2D eigenvalue weighted by atomic mass is 10.1. The Bertz CT molecular complexity index is 542. The van der Waals surface area contributed by atoms with Crippen molar-refractivity contribution in [2.75, 3.05) is 14.2 Å². The van der Waals surface area contributed by atoms with Gasteiger partial charge in [0.25, 0.3) is 0 Å². The third-order valence-electron chi connectivity index (χ3n) is 3.00. The molecule has 0 amide bonds. The Hall–Kier alpha value is -2.16. The van der Waals surface area contributed by atoms with Gasteiger partial charge in [0.15, 0.2) is 0 Å². The van der Waals surface area contributed by atoms with Gasteiger partial charge in [0, 0.05) is 18.2 Å². The second kappa shape index (κ2) is 6.85. The van der Waals surface area contributed by atoms with Gasteiger partial charge >= 0.3 is 0 Å². The van der Waals surface area contributed by atoms with Crippen LogP contribution in [-0.2, 0) is 6.42 Å². The number of benzene rings is 2. The molecule has 0 spiro atoms. The standard InChI is InChI=1S/C17H20O3/c1-4-6-13-7-5-8-14(9-13)20-17-11-15(18-2)10-16(12-17)19-3/h5,7-12H,4,6H2,1-3H3. The average Bonchev–Trinajstić information content (AvgIpc) is 2.47. The first-order valence-electron chi connectivity index (χ1n) is 6.75. The van der Waals surface area contributed by atoms with E-state index in [4.69, 9.17) is 14.2 Å². The summed E-state index contributed by atoms with van der Waals surface area (Å²) in [5.74, 6) is 2.95. The molecule has 0 saturated heterocycles. The second-order valence-corrected chi connectivity index (χ2v) is 4.55. The minimum absolute atomic E-state index is 0.704. The van der Waals surface area contributed by atoms with E-state index in [1.54, 1.807) is 14.2 Å². The zero-order chi connectivity index (χ0) is 14.4. The molecule has 0 aliphatic carbocycles. The molecule has 106 valence electrons. The van der Waals surface area contributed by atoms with Gasteiger partial charge in [-0.25, -0.2) is 0 Å². The molecule has 0 aliphatic heterocycles. The van der Waals surface area contributed by atoms with E-state index in [0.717, 1.165) is 18.6 Å². The zero-order valence-electron chi connectivity index (χ0n) is 12.2. The maximum atomic E-state index is 5.89. The fraction of sp³-hybridized carbons (Fsp3) is 0.294. The van der Waals surface area contributed by atoms with Crippen molar-refractivity contribution in [2.24, 2.45) is 0 Å². The number of aryl methyl sites for hydroxylation is 1. The van der Waals surface area contributed by atoms with E-state index in [-0.39, 0.29) is 0 Å². The summed E-state index contributed by atoms with van der Waals surface area (Å²) >= 11 is 0. The van der Waals surface area contributed by atoms with E-state index in [1.807, 2.05) is 30.3 Å². The van der Waals surface area contributed by atoms with Gasteiger partial charge < -0.3 is 14.2 Å². The molecule has 2 aromatic carbocycles. The number of hydrogen-bond donors (Lipinski definition) is 0. The predicted molar refractivity (Wildman–Crippen MR) is 80.1 cm³/mol. The van der Waals surface area contributed by atoms with Gasteiger partial charge in [0.1, 0.15) is 23.0 Å². The van der Waals surface area contributed by atoms with Gasteiger partial charge in [0.2, 0.25) is 0 Å². The van der Waals surface area contributed by atoms with Gasteiger partial charge in [-0.1, -0.05) is 25.5 Å². The molecule has 20 heavy (non-hydrogen) atoms. The molecule has 3 heteroatoms. The highest BCUT2D eigenvalue weighted by molar-refractivity contribution is 5.44. The highest BCUT2D eigenvalue weighted by Gasteiger charge is 2.04. The van der Waals surface area contributed by atoms with E-state index in [9.17, 15) is 0 Å². The molecule has 0 heterocycles. The topological polar surface area (TPSA) is 27.7 Å². The summed E-state index contributed by atoms with van der Waals surface area (Å²) in [7, 11) is 3.25. The minimum atomic E-state index is 0.704. The predicted octanol–water partition coefficient (Wildman–Crippen LogP) is 4.45. The Morgan fingerprint density at radius 3 is 2.05 bits per heavy atom. The van der Waals surface area contributed by atoms with Crippen molar-refractivity contribution in [3.8, 4) is 23.0 Å². The first-order chi connectivity index (χ1) is 9.75. The van der Waals surface area contributed by atoms with Crippen LogP contribution in [-0.4, -0.2) is 14.2 Å². The Morgan fingerprint density at radius 2 is 1.45 bits per heavy atom. The lowest BCUT2D eigenvalue weighted by Gasteiger charge is -2.10. The SMILES string of the molecule is CCCc1cccc(Oc2cc(OC)cc(OC)c2)c1. The first-order valence-corrected chi connectivity index (χ1v) is 6.75. The molecule has 2 rings (SSSR count). The Balaban J connectivity index is 2.22. The summed E-state index contributed by atoms with van der Waals surface area (Å²) in [5.41, 5.74) is 1.28. The van der Waals surface area contributed by atoms with Crippen LogP contribution in [0.2, 0.25) is 0 Å². The third kappa shape index (κ3) is 3.67. The summed E-state index contributed by atoms with van der Waals surface area (Å²) in [5, 5.41) is 0. The lowest BCUT2D eigenvalue weighted by molar-refractivity contribution is 0.386. The smallest absolute Gasteiger partial charge is 0.134 e. The Labute approximate surface area is 120 Å². The largest absolute Gasteiger partial charge is 0.496 e. The van der Waals surface area contributed by atoms with Crippen LogP contribution < -0.4 is 14.2 Å². The van der Waals surface area contributed by atoms with Crippen molar-refractivity contribution in [3.05, 3.63) is 48.0 Å².